The molecule has 1 fully saturated rings. The lowest BCUT2D eigenvalue weighted by Crippen LogP contribution is -2.36. The molecule has 0 bridgehead atoms. The maximum Gasteiger partial charge on any atom is 0.258 e. The van der Waals surface area contributed by atoms with E-state index in [4.69, 9.17) is 10.5 Å². The van der Waals surface area contributed by atoms with Gasteiger partial charge < -0.3 is 15.8 Å². The average Bonchev–Trinajstić information content (AvgIpc) is 2.89. The lowest BCUT2D eigenvalue weighted by atomic mass is 10.1. The molecule has 3 N–H and O–H groups in total. The number of halogens is 1. The van der Waals surface area contributed by atoms with Gasteiger partial charge in [0.2, 0.25) is 0 Å². The predicted octanol–water partition coefficient (Wildman–Crippen LogP) is 2.91. The predicted molar refractivity (Wildman–Crippen MR) is 82.6 cm³/mol. The number of carbonyl (C=O) groups is 1. The third-order valence-corrected chi connectivity index (χ3v) is 4.04. The molecule has 1 saturated carbocycles. The molecule has 0 unspecified atom stereocenters. The van der Waals surface area contributed by atoms with Gasteiger partial charge in [-0.05, 0) is 31.9 Å². The Morgan fingerprint density at radius 1 is 1.50 bits per heavy atom. The first kappa shape index (κ1) is 15.3. The van der Waals surface area contributed by atoms with E-state index in [9.17, 15) is 4.79 Å². The number of benzene rings is 1. The normalized spacial score (nSPS) is 16.9. The highest BCUT2D eigenvalue weighted by Crippen LogP contribution is 2.27. The Kier molecular flexibility index (Phi) is 5.43. The minimum Gasteiger partial charge on any atom is -0.483 e. The summed E-state index contributed by atoms with van der Waals surface area (Å²) in [7, 11) is 0. The van der Waals surface area contributed by atoms with Crippen LogP contribution in [0.15, 0.2) is 22.7 Å². The van der Waals surface area contributed by atoms with Crippen LogP contribution in [0.5, 0.6) is 5.75 Å². The Balaban J connectivity index is 1.92. The molecule has 0 saturated heterocycles. The standard InChI is InChI=1S/C15H21BrN2O2/c1-10(17)13-7-6-11(16)8-14(13)20-9-15(19)18-12-4-2-3-5-12/h6-8,10,12H,2-5,9,17H2,1H3,(H,18,19)/t10-/m0/s1. The van der Waals surface area contributed by atoms with Gasteiger partial charge in [-0.15, -0.1) is 0 Å². The highest BCUT2D eigenvalue weighted by Gasteiger charge is 2.17. The van der Waals surface area contributed by atoms with Crippen LogP contribution in [0.1, 0.15) is 44.2 Å². The second-order valence-corrected chi connectivity index (χ2v) is 6.22. The van der Waals surface area contributed by atoms with Crippen molar-refractivity contribution < 1.29 is 9.53 Å². The van der Waals surface area contributed by atoms with Crippen molar-refractivity contribution in [1.82, 2.24) is 5.32 Å². The molecule has 110 valence electrons. The summed E-state index contributed by atoms with van der Waals surface area (Å²) in [5, 5.41) is 3.01. The van der Waals surface area contributed by atoms with Gasteiger partial charge >= 0.3 is 0 Å². The zero-order valence-corrected chi connectivity index (χ0v) is 13.3. The molecule has 0 aliphatic heterocycles. The number of nitrogens with one attached hydrogen (secondary N) is 1. The fourth-order valence-corrected chi connectivity index (χ4v) is 2.83. The quantitative estimate of drug-likeness (QED) is 0.866. The van der Waals surface area contributed by atoms with Gasteiger partial charge in [0.15, 0.2) is 6.61 Å². The van der Waals surface area contributed by atoms with E-state index in [0.29, 0.717) is 11.8 Å². The fourth-order valence-electron chi connectivity index (χ4n) is 2.49. The van der Waals surface area contributed by atoms with Crippen LogP contribution in [-0.2, 0) is 4.79 Å². The molecule has 1 aromatic carbocycles. The topological polar surface area (TPSA) is 64.3 Å². The second-order valence-electron chi connectivity index (χ2n) is 5.31. The van der Waals surface area contributed by atoms with Gasteiger partial charge in [-0.1, -0.05) is 34.8 Å². The van der Waals surface area contributed by atoms with E-state index in [1.807, 2.05) is 25.1 Å². The summed E-state index contributed by atoms with van der Waals surface area (Å²) in [5.74, 6) is 0.600. The number of nitrogens with two attached hydrogens (primary N) is 1. The Bertz CT molecular complexity index is 471. The van der Waals surface area contributed by atoms with E-state index in [2.05, 4.69) is 21.2 Å². The molecule has 0 aromatic heterocycles. The third-order valence-electron chi connectivity index (χ3n) is 3.55. The third kappa shape index (κ3) is 4.21. The van der Waals surface area contributed by atoms with E-state index < -0.39 is 0 Å². The second kappa shape index (κ2) is 7.09. The summed E-state index contributed by atoms with van der Waals surface area (Å²) in [5.41, 5.74) is 6.81. The van der Waals surface area contributed by atoms with Crippen molar-refractivity contribution in [2.75, 3.05) is 6.61 Å². The minimum atomic E-state index is -0.129. The number of ether oxygens (including phenoxy) is 1. The van der Waals surface area contributed by atoms with Gasteiger partial charge in [0, 0.05) is 22.1 Å². The molecule has 1 aliphatic carbocycles. The first-order valence-corrected chi connectivity index (χ1v) is 7.83. The van der Waals surface area contributed by atoms with Crippen LogP contribution in [0, 0.1) is 0 Å². The molecule has 5 heteroatoms. The molecule has 20 heavy (non-hydrogen) atoms. The van der Waals surface area contributed by atoms with E-state index in [-0.39, 0.29) is 18.6 Å². The maximum atomic E-state index is 11.9. The fraction of sp³-hybridized carbons (Fsp3) is 0.533. The van der Waals surface area contributed by atoms with E-state index in [0.717, 1.165) is 22.9 Å². The molecule has 1 aliphatic rings. The molecular weight excluding hydrogens is 320 g/mol. The van der Waals surface area contributed by atoms with Gasteiger partial charge in [0.05, 0.1) is 0 Å². The molecule has 1 aromatic rings. The SMILES string of the molecule is C[C@H](N)c1ccc(Br)cc1OCC(=O)NC1CCCC1. The van der Waals surface area contributed by atoms with Crippen LogP contribution < -0.4 is 15.8 Å². The van der Waals surface area contributed by atoms with Crippen LogP contribution in [0.25, 0.3) is 0 Å². The Morgan fingerprint density at radius 2 is 2.20 bits per heavy atom. The van der Waals surface area contributed by atoms with E-state index in [1.54, 1.807) is 0 Å². The zero-order valence-electron chi connectivity index (χ0n) is 11.7. The van der Waals surface area contributed by atoms with Gasteiger partial charge in [-0.2, -0.15) is 0 Å². The van der Waals surface area contributed by atoms with Crippen molar-refractivity contribution >= 4 is 21.8 Å². The number of hydrogen-bond donors (Lipinski definition) is 2. The molecule has 1 amide bonds. The van der Waals surface area contributed by atoms with Crippen molar-refractivity contribution in [2.24, 2.45) is 5.73 Å². The molecule has 2 rings (SSSR count). The highest BCUT2D eigenvalue weighted by molar-refractivity contribution is 9.10. The molecule has 4 nitrogen and oxygen atoms in total. The zero-order chi connectivity index (χ0) is 14.5. The Hall–Kier alpha value is -1.07. The van der Waals surface area contributed by atoms with Crippen LogP contribution in [0.2, 0.25) is 0 Å². The number of hydrogen-bond acceptors (Lipinski definition) is 3. The van der Waals surface area contributed by atoms with Crippen molar-refractivity contribution in [1.29, 1.82) is 0 Å². The van der Waals surface area contributed by atoms with Gasteiger partial charge in [0.1, 0.15) is 5.75 Å². The smallest absolute Gasteiger partial charge is 0.258 e. The first-order valence-electron chi connectivity index (χ1n) is 7.03. The van der Waals surface area contributed by atoms with E-state index >= 15 is 0 Å². The van der Waals surface area contributed by atoms with Gasteiger partial charge in [0.25, 0.3) is 5.91 Å². The lowest BCUT2D eigenvalue weighted by molar-refractivity contribution is -0.123. The summed E-state index contributed by atoms with van der Waals surface area (Å²) in [6.07, 6.45) is 4.56. The lowest BCUT2D eigenvalue weighted by Gasteiger charge is -2.16. The molecule has 0 heterocycles. The van der Waals surface area contributed by atoms with E-state index in [1.165, 1.54) is 12.8 Å². The minimum absolute atomic E-state index is 0.0344. The van der Waals surface area contributed by atoms with Gasteiger partial charge in [-0.25, -0.2) is 0 Å². The summed E-state index contributed by atoms with van der Waals surface area (Å²) in [6, 6.07) is 5.88. The van der Waals surface area contributed by atoms with Crippen LogP contribution in [0.3, 0.4) is 0 Å². The molecule has 0 spiro atoms. The summed E-state index contributed by atoms with van der Waals surface area (Å²) in [6.45, 7) is 1.93. The van der Waals surface area contributed by atoms with Crippen LogP contribution in [0.4, 0.5) is 0 Å². The number of amides is 1. The van der Waals surface area contributed by atoms with Crippen LogP contribution >= 0.6 is 15.9 Å². The van der Waals surface area contributed by atoms with Gasteiger partial charge in [-0.3, -0.25) is 4.79 Å². The van der Waals surface area contributed by atoms with Crippen molar-refractivity contribution in [3.8, 4) is 5.75 Å². The molecule has 0 radical (unpaired) electrons. The van der Waals surface area contributed by atoms with Crippen molar-refractivity contribution in [2.45, 2.75) is 44.7 Å². The van der Waals surface area contributed by atoms with Crippen molar-refractivity contribution in [3.05, 3.63) is 28.2 Å². The molecule has 1 atom stereocenters. The van der Waals surface area contributed by atoms with Crippen LogP contribution in [-0.4, -0.2) is 18.6 Å². The Labute approximate surface area is 128 Å². The largest absolute Gasteiger partial charge is 0.483 e. The monoisotopic (exact) mass is 340 g/mol. The molecular formula is C15H21BrN2O2. The summed E-state index contributed by atoms with van der Waals surface area (Å²) in [4.78, 5) is 11.9. The first-order chi connectivity index (χ1) is 9.56. The van der Waals surface area contributed by atoms with Crippen molar-refractivity contribution in [3.63, 3.8) is 0 Å². The number of carbonyl (C=O) groups excluding carboxylic acids is 1. The average molecular weight is 341 g/mol. The summed E-state index contributed by atoms with van der Waals surface area (Å²) >= 11 is 3.40. The summed E-state index contributed by atoms with van der Waals surface area (Å²) < 4.78 is 6.54. The maximum absolute atomic E-state index is 11.9. The highest BCUT2D eigenvalue weighted by atomic mass is 79.9. The Morgan fingerprint density at radius 3 is 2.85 bits per heavy atom. The number of rotatable bonds is 5.